The van der Waals surface area contributed by atoms with Gasteiger partial charge in [0.1, 0.15) is 5.60 Å². The van der Waals surface area contributed by atoms with Crippen molar-refractivity contribution in [1.29, 1.82) is 0 Å². The van der Waals surface area contributed by atoms with Crippen molar-refractivity contribution in [3.8, 4) is 0 Å². The number of carbonyl (C=O) groups is 4. The van der Waals surface area contributed by atoms with E-state index >= 15 is 0 Å². The highest BCUT2D eigenvalue weighted by Gasteiger charge is 2.39. The number of Topliss-reactive ketones (excluding diaryl/α,β-unsaturated/α-hetero) is 1. The average molecular weight is 328 g/mol. The van der Waals surface area contributed by atoms with E-state index < -0.39 is 23.0 Å². The van der Waals surface area contributed by atoms with E-state index in [4.69, 9.17) is 4.74 Å². The molecule has 2 aliphatic rings. The fraction of sp³-hybridized carbons (Fsp3) is 0.714. The van der Waals surface area contributed by atoms with Gasteiger partial charge in [-0.05, 0) is 33.6 Å². The van der Waals surface area contributed by atoms with Crippen molar-refractivity contribution in [3.63, 3.8) is 0 Å². The van der Waals surface area contributed by atoms with Crippen LogP contribution in [-0.2, 0) is 14.3 Å². The molecule has 2 rings (SSSR count). The van der Waals surface area contributed by atoms with Crippen molar-refractivity contribution in [2.24, 2.45) is 0 Å². The molecule has 0 aliphatic carbocycles. The maximum atomic E-state index is 12.4. The van der Waals surface area contributed by atoms with Gasteiger partial charge < -0.3 is 4.74 Å². The Bertz CT molecular complexity index is 498. The van der Waals surface area contributed by atoms with Gasteiger partial charge in [0.05, 0.1) is 18.3 Å². The normalized spacial score (nSPS) is 22.4. The summed E-state index contributed by atoms with van der Waals surface area (Å²) >= 11 is 0.893. The first-order valence-electron chi connectivity index (χ1n) is 7.18. The number of hydrogen-bond acceptors (Lipinski definition) is 6. The summed E-state index contributed by atoms with van der Waals surface area (Å²) in [5.41, 5.74) is -0.634. The van der Waals surface area contributed by atoms with Crippen LogP contribution in [0.3, 0.4) is 0 Å². The van der Waals surface area contributed by atoms with Crippen molar-refractivity contribution < 1.29 is 23.9 Å². The number of ketones is 1. The lowest BCUT2D eigenvalue weighted by Gasteiger charge is -2.28. The Kier molecular flexibility index (Phi) is 4.79. The molecule has 1 unspecified atom stereocenters. The minimum Gasteiger partial charge on any atom is -0.444 e. The van der Waals surface area contributed by atoms with Crippen molar-refractivity contribution in [1.82, 2.24) is 9.80 Å². The molecule has 0 bridgehead atoms. The maximum Gasteiger partial charge on any atom is 0.410 e. The van der Waals surface area contributed by atoms with Gasteiger partial charge in [-0.15, -0.1) is 0 Å². The van der Waals surface area contributed by atoms with Gasteiger partial charge in [0.15, 0.2) is 5.78 Å². The summed E-state index contributed by atoms with van der Waals surface area (Å²) in [6.45, 7) is 5.46. The quantitative estimate of drug-likeness (QED) is 0.783. The Hall–Kier alpha value is -1.57. The van der Waals surface area contributed by atoms with Crippen LogP contribution in [0.1, 0.15) is 33.6 Å². The topological polar surface area (TPSA) is 84.0 Å². The van der Waals surface area contributed by atoms with Crippen LogP contribution in [0.25, 0.3) is 0 Å². The second-order valence-corrected chi connectivity index (χ2v) is 7.26. The minimum atomic E-state index is -0.634. The van der Waals surface area contributed by atoms with E-state index in [0.29, 0.717) is 19.4 Å². The maximum absolute atomic E-state index is 12.4. The Labute approximate surface area is 133 Å². The lowest BCUT2D eigenvalue weighted by Crippen LogP contribution is -2.47. The zero-order valence-corrected chi connectivity index (χ0v) is 13.8. The van der Waals surface area contributed by atoms with Gasteiger partial charge in [0, 0.05) is 6.54 Å². The Morgan fingerprint density at radius 1 is 1.32 bits per heavy atom. The monoisotopic (exact) mass is 328 g/mol. The predicted octanol–water partition coefficient (Wildman–Crippen LogP) is 1.65. The molecule has 2 aliphatic heterocycles. The molecule has 0 radical (unpaired) electrons. The van der Waals surface area contributed by atoms with Gasteiger partial charge in [-0.25, -0.2) is 4.79 Å². The van der Waals surface area contributed by atoms with Gasteiger partial charge in [0.2, 0.25) is 5.91 Å². The minimum absolute atomic E-state index is 0.0760. The SMILES string of the molecule is CC(C)(C)OC(=O)N1CCCC1C(=O)CN1C(=O)CSC1=O. The number of ether oxygens (including phenoxy) is 1. The second kappa shape index (κ2) is 6.28. The van der Waals surface area contributed by atoms with Crippen LogP contribution in [0, 0.1) is 0 Å². The van der Waals surface area contributed by atoms with Crippen molar-refractivity contribution in [3.05, 3.63) is 0 Å². The summed E-state index contributed by atoms with van der Waals surface area (Å²) in [6, 6.07) is -0.624. The molecule has 2 heterocycles. The van der Waals surface area contributed by atoms with E-state index in [9.17, 15) is 19.2 Å². The predicted molar refractivity (Wildman–Crippen MR) is 80.5 cm³/mol. The summed E-state index contributed by atoms with van der Waals surface area (Å²) in [5, 5.41) is -0.403. The number of carbonyl (C=O) groups excluding carboxylic acids is 4. The Balaban J connectivity index is 2.00. The third-order valence-electron chi connectivity index (χ3n) is 3.41. The molecule has 22 heavy (non-hydrogen) atoms. The zero-order chi connectivity index (χ0) is 16.5. The smallest absolute Gasteiger partial charge is 0.410 e. The number of amides is 3. The third kappa shape index (κ3) is 3.79. The number of rotatable bonds is 3. The van der Waals surface area contributed by atoms with Crippen LogP contribution < -0.4 is 0 Å². The van der Waals surface area contributed by atoms with E-state index in [-0.39, 0.29) is 24.0 Å². The van der Waals surface area contributed by atoms with E-state index in [1.807, 2.05) is 0 Å². The lowest BCUT2D eigenvalue weighted by atomic mass is 10.1. The molecule has 0 aromatic rings. The number of hydrogen-bond donors (Lipinski definition) is 0. The zero-order valence-electron chi connectivity index (χ0n) is 13.0. The highest BCUT2D eigenvalue weighted by Crippen LogP contribution is 2.24. The van der Waals surface area contributed by atoms with Crippen LogP contribution in [0.5, 0.6) is 0 Å². The standard InChI is InChI=1S/C14H20N2O5S/c1-14(2,3)21-12(19)15-6-4-5-9(15)10(17)7-16-11(18)8-22-13(16)20/h9H,4-8H2,1-3H3. The van der Waals surface area contributed by atoms with Crippen LogP contribution in [-0.4, -0.2) is 63.3 Å². The number of imide groups is 1. The Morgan fingerprint density at radius 2 is 2.00 bits per heavy atom. The van der Waals surface area contributed by atoms with Crippen molar-refractivity contribution >= 4 is 34.8 Å². The lowest BCUT2D eigenvalue weighted by molar-refractivity contribution is -0.131. The fourth-order valence-electron chi connectivity index (χ4n) is 2.44. The molecule has 8 heteroatoms. The first-order valence-corrected chi connectivity index (χ1v) is 8.17. The highest BCUT2D eigenvalue weighted by atomic mass is 32.2. The summed E-state index contributed by atoms with van der Waals surface area (Å²) in [4.78, 5) is 50.0. The Morgan fingerprint density at radius 3 is 2.55 bits per heavy atom. The number of likely N-dealkylation sites (tertiary alicyclic amines) is 1. The summed E-state index contributed by atoms with van der Waals surface area (Å²) in [6.07, 6.45) is 0.699. The van der Waals surface area contributed by atoms with Crippen LogP contribution in [0.2, 0.25) is 0 Å². The van der Waals surface area contributed by atoms with Gasteiger partial charge in [-0.2, -0.15) is 0 Å². The second-order valence-electron chi connectivity index (χ2n) is 6.33. The molecule has 0 aromatic heterocycles. The molecule has 1 atom stereocenters. The number of nitrogens with zero attached hydrogens (tertiary/aromatic N) is 2. The molecule has 122 valence electrons. The molecule has 0 aromatic carbocycles. The third-order valence-corrected chi connectivity index (χ3v) is 4.27. The molecule has 0 N–H and O–H groups in total. The first kappa shape index (κ1) is 16.8. The fourth-order valence-corrected chi connectivity index (χ4v) is 3.16. The van der Waals surface area contributed by atoms with E-state index in [1.54, 1.807) is 20.8 Å². The summed E-state index contributed by atoms with van der Waals surface area (Å²) in [7, 11) is 0. The molecule has 2 fully saturated rings. The van der Waals surface area contributed by atoms with Crippen LogP contribution >= 0.6 is 11.8 Å². The van der Waals surface area contributed by atoms with E-state index in [0.717, 1.165) is 16.7 Å². The molecule has 7 nitrogen and oxygen atoms in total. The van der Waals surface area contributed by atoms with Gasteiger partial charge in [-0.3, -0.25) is 24.2 Å². The molecule has 0 saturated carbocycles. The van der Waals surface area contributed by atoms with Gasteiger partial charge in [-0.1, -0.05) is 11.8 Å². The molecule has 3 amide bonds. The molecule has 0 spiro atoms. The van der Waals surface area contributed by atoms with Crippen LogP contribution in [0.15, 0.2) is 0 Å². The molecule has 2 saturated heterocycles. The first-order chi connectivity index (χ1) is 10.2. The van der Waals surface area contributed by atoms with Gasteiger partial charge in [0.25, 0.3) is 5.24 Å². The van der Waals surface area contributed by atoms with Crippen molar-refractivity contribution in [2.75, 3.05) is 18.8 Å². The molecular weight excluding hydrogens is 308 g/mol. The highest BCUT2D eigenvalue weighted by molar-refractivity contribution is 8.14. The van der Waals surface area contributed by atoms with E-state index in [2.05, 4.69) is 0 Å². The summed E-state index contributed by atoms with van der Waals surface area (Å²) < 4.78 is 5.30. The molecular formula is C14H20N2O5S. The average Bonchev–Trinajstić information content (AvgIpc) is 2.98. The largest absolute Gasteiger partial charge is 0.444 e. The van der Waals surface area contributed by atoms with Crippen LogP contribution in [0.4, 0.5) is 9.59 Å². The van der Waals surface area contributed by atoms with Crippen molar-refractivity contribution in [2.45, 2.75) is 45.3 Å². The number of thioether (sulfide) groups is 1. The van der Waals surface area contributed by atoms with Gasteiger partial charge >= 0.3 is 6.09 Å². The summed E-state index contributed by atoms with van der Waals surface area (Å²) in [5.74, 6) is -0.579. The van der Waals surface area contributed by atoms with E-state index in [1.165, 1.54) is 4.90 Å².